The van der Waals surface area contributed by atoms with E-state index in [1.165, 1.54) is 32.2 Å². The van der Waals surface area contributed by atoms with Crippen LogP contribution in [0.5, 0.6) is 17.2 Å². The first-order valence-electron chi connectivity index (χ1n) is 12.6. The van der Waals surface area contributed by atoms with E-state index in [9.17, 15) is 45.1 Å². The van der Waals surface area contributed by atoms with Gasteiger partial charge in [0, 0.05) is 36.0 Å². The Morgan fingerprint density at radius 1 is 1.15 bits per heavy atom. The van der Waals surface area contributed by atoms with E-state index in [4.69, 9.17) is 14.2 Å². The van der Waals surface area contributed by atoms with Crippen LogP contribution in [0, 0.1) is 0 Å². The van der Waals surface area contributed by atoms with Crippen LogP contribution in [0.4, 0.5) is 0 Å². The highest BCUT2D eigenvalue weighted by Gasteiger charge is 2.50. The average molecular weight is 560 g/mol. The Hall–Kier alpha value is -3.43. The van der Waals surface area contributed by atoms with Crippen molar-refractivity contribution >= 4 is 17.3 Å². The molecule has 0 aromatic heterocycles. The predicted molar refractivity (Wildman–Crippen MR) is 132 cm³/mol. The summed E-state index contributed by atoms with van der Waals surface area (Å²) in [6.07, 6.45) is -5.67. The number of nitrogens with one attached hydrogen (secondary N) is 1. The highest BCUT2D eigenvalue weighted by molar-refractivity contribution is 6.31. The fourth-order valence-corrected chi connectivity index (χ4v) is 5.84. The number of aliphatic hydroxyl groups is 3. The molecule has 13 nitrogen and oxygen atoms in total. The first kappa shape index (κ1) is 28.1. The van der Waals surface area contributed by atoms with Crippen molar-refractivity contribution in [1.82, 2.24) is 5.48 Å². The minimum Gasteiger partial charge on any atom is -0.507 e. The van der Waals surface area contributed by atoms with Crippen molar-refractivity contribution in [2.45, 2.75) is 62.4 Å². The topological polar surface area (TPSA) is 212 Å². The van der Waals surface area contributed by atoms with Gasteiger partial charge in [-0.25, -0.2) is 0 Å². The summed E-state index contributed by atoms with van der Waals surface area (Å²) in [5, 5.41) is 63.3. The molecule has 214 valence electrons. The summed E-state index contributed by atoms with van der Waals surface area (Å²) in [5.74, 6) is -3.91. The summed E-state index contributed by atoms with van der Waals surface area (Å²) >= 11 is 0. The van der Waals surface area contributed by atoms with Gasteiger partial charge in [0.15, 0.2) is 17.9 Å². The average Bonchev–Trinajstić information content (AvgIpc) is 2.94. The van der Waals surface area contributed by atoms with Crippen molar-refractivity contribution in [2.75, 3.05) is 13.7 Å². The third kappa shape index (κ3) is 4.18. The lowest BCUT2D eigenvalue weighted by molar-refractivity contribution is -0.255. The molecule has 40 heavy (non-hydrogen) atoms. The molecule has 3 aliphatic rings. The van der Waals surface area contributed by atoms with Gasteiger partial charge in [0.05, 0.1) is 48.2 Å². The summed E-state index contributed by atoms with van der Waals surface area (Å²) in [6, 6.07) is 3.46. The second-order valence-corrected chi connectivity index (χ2v) is 10.2. The second-order valence-electron chi connectivity index (χ2n) is 10.2. The number of hydrogen-bond donors (Lipinski definition) is 7. The number of ether oxygens (including phenoxy) is 3. The molecule has 5 rings (SSSR count). The van der Waals surface area contributed by atoms with Gasteiger partial charge in [-0.2, -0.15) is 5.48 Å². The van der Waals surface area contributed by atoms with E-state index in [1.807, 2.05) is 5.48 Å². The fraction of sp³-hybridized carbons (Fsp3) is 0.444. The summed E-state index contributed by atoms with van der Waals surface area (Å²) < 4.78 is 17.0. The van der Waals surface area contributed by atoms with E-state index in [0.717, 1.165) is 0 Å². The molecule has 2 aromatic rings. The molecule has 0 radical (unpaired) electrons. The lowest BCUT2D eigenvalue weighted by Crippen LogP contribution is -2.54. The first-order chi connectivity index (χ1) is 19.0. The quantitative estimate of drug-likeness (QED) is 0.157. The van der Waals surface area contributed by atoms with Crippen molar-refractivity contribution in [3.63, 3.8) is 0 Å². The maximum absolute atomic E-state index is 13.7. The third-order valence-corrected chi connectivity index (χ3v) is 7.93. The molecule has 0 saturated carbocycles. The van der Waals surface area contributed by atoms with Crippen molar-refractivity contribution in [2.24, 2.45) is 0 Å². The minimum atomic E-state index is -2.28. The molecule has 1 aliphatic heterocycles. The first-order valence-corrected chi connectivity index (χ1v) is 12.6. The molecule has 1 heterocycles. The lowest BCUT2D eigenvalue weighted by atomic mass is 9.72. The van der Waals surface area contributed by atoms with E-state index in [1.54, 1.807) is 0 Å². The number of rotatable bonds is 6. The van der Waals surface area contributed by atoms with Crippen LogP contribution in [0.15, 0.2) is 18.2 Å². The zero-order valence-electron chi connectivity index (χ0n) is 21.6. The Labute approximate surface area is 227 Å². The van der Waals surface area contributed by atoms with Crippen LogP contribution in [0.25, 0.3) is 0 Å². The molecule has 6 unspecified atom stereocenters. The zero-order valence-corrected chi connectivity index (χ0v) is 21.6. The van der Waals surface area contributed by atoms with Crippen LogP contribution in [0.1, 0.15) is 68.8 Å². The fourth-order valence-electron chi connectivity index (χ4n) is 5.84. The van der Waals surface area contributed by atoms with Crippen LogP contribution >= 0.6 is 0 Å². The monoisotopic (exact) mass is 559 g/mol. The van der Waals surface area contributed by atoms with Crippen molar-refractivity contribution in [3.8, 4) is 17.2 Å². The standard InChI is InChI=1S/C27H29NO12/c1-10-22(31)13(28-37)6-17(39-10)40-15-8-27(36,16(30)9-29)7-12-19(15)26(35)21-20(24(12)33)23(32)11-4-3-5-14(38-2)18(11)25(21)34/h3-5,10,13,15,17,22,28-29,31,33,35-37H,6-9H2,1-2H3. The maximum Gasteiger partial charge on any atom is 0.202 e. The lowest BCUT2D eigenvalue weighted by Gasteiger charge is -2.42. The zero-order chi connectivity index (χ0) is 29.1. The number of methoxy groups -OCH3 is 1. The number of benzene rings is 2. The van der Waals surface area contributed by atoms with Crippen LogP contribution in [-0.2, 0) is 20.7 Å². The number of phenols is 2. The van der Waals surface area contributed by atoms with Gasteiger partial charge in [0.1, 0.15) is 29.5 Å². The molecule has 1 fully saturated rings. The number of hydroxylamine groups is 1. The smallest absolute Gasteiger partial charge is 0.202 e. The summed E-state index contributed by atoms with van der Waals surface area (Å²) in [7, 11) is 1.31. The Morgan fingerprint density at radius 3 is 2.50 bits per heavy atom. The predicted octanol–water partition coefficient (Wildman–Crippen LogP) is 0.0214. The number of ketones is 3. The summed E-state index contributed by atoms with van der Waals surface area (Å²) in [4.78, 5) is 39.8. The van der Waals surface area contributed by atoms with E-state index < -0.39 is 95.7 Å². The Bertz CT molecular complexity index is 1410. The van der Waals surface area contributed by atoms with Gasteiger partial charge in [0.25, 0.3) is 0 Å². The van der Waals surface area contributed by atoms with Crippen molar-refractivity contribution < 1.29 is 59.3 Å². The Kier molecular flexibility index (Phi) is 7.17. The van der Waals surface area contributed by atoms with E-state index in [0.29, 0.717) is 0 Å². The van der Waals surface area contributed by atoms with Gasteiger partial charge in [-0.15, -0.1) is 0 Å². The van der Waals surface area contributed by atoms with Crippen LogP contribution < -0.4 is 10.2 Å². The molecular formula is C27H29NO12. The molecule has 2 aliphatic carbocycles. The molecule has 2 aromatic carbocycles. The largest absolute Gasteiger partial charge is 0.507 e. The normalized spacial score (nSPS) is 29.4. The van der Waals surface area contributed by atoms with Gasteiger partial charge in [-0.3, -0.25) is 14.4 Å². The van der Waals surface area contributed by atoms with Crippen molar-refractivity contribution in [3.05, 3.63) is 51.6 Å². The number of carbonyl (C=O) groups excluding carboxylic acids is 3. The number of phenolic OH excluding ortho intramolecular Hbond substituents is 2. The molecule has 0 spiro atoms. The summed E-state index contributed by atoms with van der Waals surface area (Å²) in [5.41, 5.74) is -1.83. The number of aliphatic hydroxyl groups excluding tert-OH is 2. The highest BCUT2D eigenvalue weighted by atomic mass is 16.7. The second kappa shape index (κ2) is 10.2. The SMILES string of the molecule is COc1cccc2c1C(=O)c1c(O)c3c(c(O)c1C2=O)CC(O)(C(=O)CO)CC3OC1CC(NO)C(O)C(C)O1. The number of aromatic hydroxyl groups is 2. The molecular weight excluding hydrogens is 530 g/mol. The Balaban J connectivity index is 1.68. The van der Waals surface area contributed by atoms with Crippen LogP contribution in [-0.4, -0.2) is 91.9 Å². The molecule has 0 bridgehead atoms. The molecule has 1 saturated heterocycles. The molecule has 13 heteroatoms. The number of fused-ring (bicyclic) bond motifs is 3. The highest BCUT2D eigenvalue weighted by Crippen LogP contribution is 2.52. The van der Waals surface area contributed by atoms with Crippen molar-refractivity contribution in [1.29, 1.82) is 0 Å². The maximum atomic E-state index is 13.7. The Morgan fingerprint density at radius 2 is 1.85 bits per heavy atom. The van der Waals surface area contributed by atoms with Gasteiger partial charge in [-0.05, 0) is 13.0 Å². The van der Waals surface area contributed by atoms with Crippen LogP contribution in [0.3, 0.4) is 0 Å². The van der Waals surface area contributed by atoms with Crippen LogP contribution in [0.2, 0.25) is 0 Å². The van der Waals surface area contributed by atoms with E-state index >= 15 is 0 Å². The number of carbonyl (C=O) groups is 3. The molecule has 7 N–H and O–H groups in total. The summed E-state index contributed by atoms with van der Waals surface area (Å²) in [6.45, 7) is 0.486. The molecule has 6 atom stereocenters. The third-order valence-electron chi connectivity index (χ3n) is 7.93. The van der Waals surface area contributed by atoms with Gasteiger partial charge in [0.2, 0.25) is 5.78 Å². The number of hydrogen-bond acceptors (Lipinski definition) is 13. The van der Waals surface area contributed by atoms with Gasteiger partial charge >= 0.3 is 0 Å². The van der Waals surface area contributed by atoms with Gasteiger partial charge in [-0.1, -0.05) is 12.1 Å². The minimum absolute atomic E-state index is 0.0671. The van der Waals surface area contributed by atoms with Gasteiger partial charge < -0.3 is 45.0 Å². The number of Topliss-reactive ketones (excluding diaryl/α,β-unsaturated/α-hetero) is 1. The molecule has 0 amide bonds. The van der Waals surface area contributed by atoms with E-state index in [-0.39, 0.29) is 34.4 Å². The van der Waals surface area contributed by atoms with E-state index in [2.05, 4.69) is 0 Å².